The van der Waals surface area contributed by atoms with Gasteiger partial charge in [0.15, 0.2) is 0 Å². The molecule has 0 heterocycles. The van der Waals surface area contributed by atoms with Gasteiger partial charge in [0.25, 0.3) is 0 Å². The normalized spacial score (nSPS) is 14.5. The molecule has 0 spiro atoms. The Bertz CT molecular complexity index is 696. The van der Waals surface area contributed by atoms with Crippen LogP contribution in [0.2, 0.25) is 0 Å². The Hall–Kier alpha value is -2.32. The summed E-state index contributed by atoms with van der Waals surface area (Å²) in [5, 5.41) is 13.3. The van der Waals surface area contributed by atoms with Crippen LogP contribution in [0.15, 0.2) is 18.2 Å². The first-order valence-corrected chi connectivity index (χ1v) is 8.00. The quantitative estimate of drug-likeness (QED) is 0.826. The minimum Gasteiger partial charge on any atom is -0.410 e. The summed E-state index contributed by atoms with van der Waals surface area (Å²) < 4.78 is 33.1. The van der Waals surface area contributed by atoms with Crippen LogP contribution in [-0.4, -0.2) is 67.4 Å². The van der Waals surface area contributed by atoms with Crippen LogP contribution in [0, 0.1) is 0 Å². The van der Waals surface area contributed by atoms with Gasteiger partial charge >= 0.3 is 12.2 Å². The molecule has 2 amide bonds. The summed E-state index contributed by atoms with van der Waals surface area (Å²) in [5.41, 5.74) is -0.951. The largest absolute Gasteiger partial charge is 0.414 e. The maximum absolute atomic E-state index is 11.9. The summed E-state index contributed by atoms with van der Waals surface area (Å²) in [4.78, 5) is 26.1. The highest BCUT2D eigenvalue weighted by Gasteiger charge is 2.18. The summed E-state index contributed by atoms with van der Waals surface area (Å²) in [5.74, 6) is 0.133. The predicted octanol–water partition coefficient (Wildman–Crippen LogP) is 2.23. The number of nitrogens with zero attached hydrogens (tertiary/aromatic N) is 2. The van der Waals surface area contributed by atoms with E-state index in [0.717, 1.165) is 0 Å². The van der Waals surface area contributed by atoms with Crippen LogP contribution < -0.4 is 14.8 Å². The number of carbonyl (C=O) groups excluding carboxylic acids is 2. The molecule has 1 atom stereocenters. The zero-order valence-electron chi connectivity index (χ0n) is 19.0. The molecular weight excluding hydrogens is 338 g/mol. The number of hydrogen-bond donors (Lipinski definition) is 2. The first kappa shape index (κ1) is 17.1. The zero-order valence-corrected chi connectivity index (χ0v) is 16.0. The summed E-state index contributed by atoms with van der Waals surface area (Å²) in [6.45, 7) is 0.651. The summed E-state index contributed by atoms with van der Waals surface area (Å²) in [6.07, 6.45) is -2.45. The summed E-state index contributed by atoms with van der Waals surface area (Å²) in [7, 11) is 6.04. The van der Waals surface area contributed by atoms with Gasteiger partial charge in [0.05, 0.1) is 6.10 Å². The van der Waals surface area contributed by atoms with E-state index in [2.05, 4.69) is 5.32 Å². The van der Waals surface area contributed by atoms with Crippen molar-refractivity contribution in [3.63, 3.8) is 0 Å². The SMILES string of the molecule is [2H]C([2H])([2H])C(C)(C)NCC(O)c1cc(OC(=O)N(C)C)cc(OC(=O)N(C)C)c1. The van der Waals surface area contributed by atoms with Gasteiger partial charge in [0.2, 0.25) is 0 Å². The molecule has 0 aromatic heterocycles. The van der Waals surface area contributed by atoms with E-state index in [0.29, 0.717) is 0 Å². The first-order chi connectivity index (χ1) is 13.1. The van der Waals surface area contributed by atoms with Gasteiger partial charge in [-0.25, -0.2) is 9.59 Å². The number of rotatable bonds is 5. The Morgan fingerprint density at radius 3 is 1.96 bits per heavy atom. The van der Waals surface area contributed by atoms with Crippen molar-refractivity contribution in [1.82, 2.24) is 15.1 Å². The van der Waals surface area contributed by atoms with Crippen molar-refractivity contribution in [1.29, 1.82) is 0 Å². The first-order valence-electron chi connectivity index (χ1n) is 9.50. The van der Waals surface area contributed by atoms with Crippen molar-refractivity contribution in [2.24, 2.45) is 0 Å². The van der Waals surface area contributed by atoms with E-state index in [-0.39, 0.29) is 23.6 Å². The number of ether oxygens (including phenoxy) is 2. The van der Waals surface area contributed by atoms with E-state index in [4.69, 9.17) is 13.6 Å². The van der Waals surface area contributed by atoms with Crippen LogP contribution in [0.25, 0.3) is 0 Å². The third-order valence-corrected chi connectivity index (χ3v) is 3.17. The van der Waals surface area contributed by atoms with Gasteiger partial charge in [-0.15, -0.1) is 0 Å². The van der Waals surface area contributed by atoms with Crippen molar-refractivity contribution in [2.45, 2.75) is 32.3 Å². The third-order valence-electron chi connectivity index (χ3n) is 3.17. The molecule has 0 bridgehead atoms. The van der Waals surface area contributed by atoms with Crippen molar-refractivity contribution < 1.29 is 28.3 Å². The van der Waals surface area contributed by atoms with Gasteiger partial charge in [0.1, 0.15) is 11.5 Å². The standard InChI is InChI=1S/C18H29N3O5/c1-18(2,3)19-11-15(22)12-8-13(25-16(23)20(4)5)10-14(9-12)26-17(24)21(6)7/h8-10,15,19,22H,11H2,1-7H3/i1D3. The fourth-order valence-corrected chi connectivity index (χ4v) is 1.76. The highest BCUT2D eigenvalue weighted by Crippen LogP contribution is 2.27. The van der Waals surface area contributed by atoms with Crippen LogP contribution in [0.4, 0.5) is 9.59 Å². The number of carbonyl (C=O) groups is 2. The fraction of sp³-hybridized carbons (Fsp3) is 0.556. The molecule has 26 heavy (non-hydrogen) atoms. The Balaban J connectivity index is 3.12. The molecule has 8 heteroatoms. The average molecular weight is 370 g/mol. The highest BCUT2D eigenvalue weighted by molar-refractivity contribution is 5.72. The number of hydrogen-bond acceptors (Lipinski definition) is 6. The minimum absolute atomic E-state index is 0.0666. The molecule has 1 aromatic carbocycles. The Morgan fingerprint density at radius 2 is 1.58 bits per heavy atom. The smallest absolute Gasteiger partial charge is 0.410 e. The molecule has 1 rings (SSSR count). The van der Waals surface area contributed by atoms with Crippen LogP contribution in [0.5, 0.6) is 11.5 Å². The lowest BCUT2D eigenvalue weighted by atomic mass is 10.1. The maximum atomic E-state index is 11.9. The van der Waals surface area contributed by atoms with Crippen molar-refractivity contribution in [2.75, 3.05) is 34.7 Å². The molecule has 0 radical (unpaired) electrons. The Morgan fingerprint density at radius 1 is 1.12 bits per heavy atom. The number of aliphatic hydroxyl groups is 1. The second-order valence-corrected chi connectivity index (χ2v) is 6.78. The van der Waals surface area contributed by atoms with E-state index in [1.165, 1.54) is 70.0 Å². The number of β-amino-alcohol motifs (C(OH)–C–C–N with tert-alkyl or cyclic N) is 1. The topological polar surface area (TPSA) is 91.3 Å². The maximum Gasteiger partial charge on any atom is 0.414 e. The molecule has 0 fully saturated rings. The molecule has 8 nitrogen and oxygen atoms in total. The monoisotopic (exact) mass is 370 g/mol. The van der Waals surface area contributed by atoms with Crippen LogP contribution in [-0.2, 0) is 0 Å². The minimum atomic E-state index is -2.28. The van der Waals surface area contributed by atoms with Crippen LogP contribution in [0.1, 0.15) is 36.5 Å². The Labute approximate surface area is 158 Å². The molecule has 146 valence electrons. The van der Waals surface area contributed by atoms with Crippen molar-refractivity contribution in [3.05, 3.63) is 23.8 Å². The van der Waals surface area contributed by atoms with Gasteiger partial charge in [-0.2, -0.15) is 0 Å². The van der Waals surface area contributed by atoms with Gasteiger partial charge < -0.3 is 29.7 Å². The molecule has 0 aliphatic rings. The average Bonchev–Trinajstić information content (AvgIpc) is 2.58. The van der Waals surface area contributed by atoms with E-state index >= 15 is 0 Å². The van der Waals surface area contributed by atoms with E-state index in [1.807, 2.05) is 0 Å². The predicted molar refractivity (Wildman–Crippen MR) is 98.6 cm³/mol. The second-order valence-electron chi connectivity index (χ2n) is 6.78. The molecule has 0 saturated carbocycles. The molecule has 0 aliphatic heterocycles. The summed E-state index contributed by atoms with van der Waals surface area (Å²) in [6, 6.07) is 4.19. The highest BCUT2D eigenvalue weighted by atomic mass is 16.6. The molecule has 1 unspecified atom stereocenters. The van der Waals surface area contributed by atoms with Gasteiger partial charge in [-0.1, -0.05) is 0 Å². The Kier molecular flexibility index (Phi) is 5.83. The number of nitrogens with one attached hydrogen (secondary N) is 1. The van der Waals surface area contributed by atoms with E-state index in [1.54, 1.807) is 0 Å². The van der Waals surface area contributed by atoms with Crippen molar-refractivity contribution >= 4 is 12.2 Å². The molecule has 2 N–H and O–H groups in total. The lowest BCUT2D eigenvalue weighted by molar-refractivity contribution is 0.159. The number of aliphatic hydroxyl groups excluding tert-OH is 1. The van der Waals surface area contributed by atoms with E-state index < -0.39 is 30.7 Å². The molecule has 1 aromatic rings. The lowest BCUT2D eigenvalue weighted by Gasteiger charge is -2.23. The van der Waals surface area contributed by atoms with Gasteiger partial charge in [-0.3, -0.25) is 0 Å². The van der Waals surface area contributed by atoms with Crippen molar-refractivity contribution in [3.8, 4) is 11.5 Å². The fourth-order valence-electron chi connectivity index (χ4n) is 1.76. The van der Waals surface area contributed by atoms with Crippen LogP contribution >= 0.6 is 0 Å². The van der Waals surface area contributed by atoms with Gasteiger partial charge in [0, 0.05) is 50.5 Å². The second kappa shape index (κ2) is 8.86. The molecule has 0 aliphatic carbocycles. The zero-order chi connectivity index (χ0) is 22.6. The van der Waals surface area contributed by atoms with Crippen LogP contribution in [0.3, 0.4) is 0 Å². The number of amides is 2. The lowest BCUT2D eigenvalue weighted by Crippen LogP contribution is -2.38. The molecule has 0 saturated heterocycles. The number of benzene rings is 1. The van der Waals surface area contributed by atoms with E-state index in [9.17, 15) is 14.7 Å². The van der Waals surface area contributed by atoms with Gasteiger partial charge in [-0.05, 0) is 38.4 Å². The third kappa shape index (κ3) is 7.28. The summed E-state index contributed by atoms with van der Waals surface area (Å²) >= 11 is 0. The molecular formula is C18H29N3O5.